The number of thiazole rings is 1. The van der Waals surface area contributed by atoms with Crippen molar-refractivity contribution in [3.8, 4) is 0 Å². The van der Waals surface area contributed by atoms with Crippen molar-refractivity contribution in [2.45, 2.75) is 19.4 Å². The normalized spacial score (nSPS) is 12.7. The predicted octanol–water partition coefficient (Wildman–Crippen LogP) is 3.46. The summed E-state index contributed by atoms with van der Waals surface area (Å²) in [6.07, 6.45) is 2.62. The van der Waals surface area contributed by atoms with E-state index in [1.54, 1.807) is 11.3 Å². The molecule has 2 aromatic rings. The quantitative estimate of drug-likeness (QED) is 0.942. The highest BCUT2D eigenvalue weighted by Gasteiger charge is 2.12. The van der Waals surface area contributed by atoms with Gasteiger partial charge in [-0.1, -0.05) is 28.1 Å². The molecule has 0 aliphatic heterocycles. The minimum Gasteiger partial charge on any atom is -0.324 e. The Morgan fingerprint density at radius 2 is 2.31 bits per heavy atom. The van der Waals surface area contributed by atoms with E-state index in [0.717, 1.165) is 15.9 Å². The smallest absolute Gasteiger partial charge is 0.0943 e. The van der Waals surface area contributed by atoms with E-state index in [1.165, 1.54) is 11.1 Å². The summed E-state index contributed by atoms with van der Waals surface area (Å²) in [6, 6.07) is 6.16. The second kappa shape index (κ2) is 5.08. The molecule has 2 rings (SSSR count). The Morgan fingerprint density at radius 1 is 1.50 bits per heavy atom. The van der Waals surface area contributed by atoms with Gasteiger partial charge in [-0.15, -0.1) is 11.3 Å². The van der Waals surface area contributed by atoms with Crippen LogP contribution in [0.15, 0.2) is 34.2 Å². The van der Waals surface area contributed by atoms with Crippen LogP contribution >= 0.6 is 27.3 Å². The van der Waals surface area contributed by atoms with Gasteiger partial charge in [-0.2, -0.15) is 0 Å². The van der Waals surface area contributed by atoms with Crippen molar-refractivity contribution in [2.75, 3.05) is 0 Å². The van der Waals surface area contributed by atoms with Crippen molar-refractivity contribution in [2.24, 2.45) is 5.73 Å². The molecule has 1 heterocycles. The maximum Gasteiger partial charge on any atom is 0.0943 e. The van der Waals surface area contributed by atoms with Gasteiger partial charge in [-0.3, -0.25) is 0 Å². The standard InChI is InChI=1S/C12H13BrN2S/c1-8-9(3-2-4-10(8)13)11(14)7-12-15-5-6-16-12/h2-6,11H,7,14H2,1H3. The van der Waals surface area contributed by atoms with Crippen LogP contribution in [0.2, 0.25) is 0 Å². The Hall–Kier alpha value is -0.710. The summed E-state index contributed by atoms with van der Waals surface area (Å²) in [6.45, 7) is 2.08. The number of aromatic nitrogens is 1. The highest BCUT2D eigenvalue weighted by molar-refractivity contribution is 9.10. The monoisotopic (exact) mass is 296 g/mol. The van der Waals surface area contributed by atoms with E-state index >= 15 is 0 Å². The first-order valence-electron chi connectivity index (χ1n) is 5.07. The number of halogens is 1. The Bertz CT molecular complexity index is 468. The molecule has 0 bridgehead atoms. The first kappa shape index (κ1) is 11.8. The second-order valence-electron chi connectivity index (χ2n) is 3.69. The zero-order valence-electron chi connectivity index (χ0n) is 8.98. The summed E-state index contributed by atoms with van der Waals surface area (Å²) < 4.78 is 1.11. The molecule has 1 unspecified atom stereocenters. The molecular formula is C12H13BrN2S. The number of nitrogens with two attached hydrogens (primary N) is 1. The molecule has 1 atom stereocenters. The third-order valence-corrected chi connectivity index (χ3v) is 4.25. The van der Waals surface area contributed by atoms with Crippen molar-refractivity contribution in [1.29, 1.82) is 0 Å². The Kier molecular flexibility index (Phi) is 3.74. The topological polar surface area (TPSA) is 38.9 Å². The van der Waals surface area contributed by atoms with Gasteiger partial charge in [0, 0.05) is 28.5 Å². The van der Waals surface area contributed by atoms with Crippen LogP contribution in [0.3, 0.4) is 0 Å². The van der Waals surface area contributed by atoms with Crippen LogP contribution in [0.1, 0.15) is 22.2 Å². The largest absolute Gasteiger partial charge is 0.324 e. The molecule has 0 saturated heterocycles. The van der Waals surface area contributed by atoms with Gasteiger partial charge >= 0.3 is 0 Å². The molecule has 0 amide bonds. The van der Waals surface area contributed by atoms with Crippen molar-refractivity contribution in [1.82, 2.24) is 4.98 Å². The Morgan fingerprint density at radius 3 is 3.00 bits per heavy atom. The van der Waals surface area contributed by atoms with Crippen LogP contribution in [-0.4, -0.2) is 4.98 Å². The van der Waals surface area contributed by atoms with Crippen LogP contribution in [0.4, 0.5) is 0 Å². The number of hydrogen-bond acceptors (Lipinski definition) is 3. The minimum absolute atomic E-state index is 0.0173. The lowest BCUT2D eigenvalue weighted by Crippen LogP contribution is -2.14. The first-order chi connectivity index (χ1) is 7.68. The van der Waals surface area contributed by atoms with E-state index in [9.17, 15) is 0 Å². The molecule has 0 aliphatic rings. The van der Waals surface area contributed by atoms with E-state index in [0.29, 0.717) is 0 Å². The fourth-order valence-electron chi connectivity index (χ4n) is 1.68. The summed E-state index contributed by atoms with van der Waals surface area (Å²) in [7, 11) is 0. The Balaban J connectivity index is 2.21. The molecule has 0 radical (unpaired) electrons. The molecule has 2 N–H and O–H groups in total. The lowest BCUT2D eigenvalue weighted by atomic mass is 10.00. The average molecular weight is 297 g/mol. The summed E-state index contributed by atoms with van der Waals surface area (Å²) in [5.74, 6) is 0. The second-order valence-corrected chi connectivity index (χ2v) is 5.52. The molecule has 1 aromatic heterocycles. The number of hydrogen-bond donors (Lipinski definition) is 1. The molecule has 16 heavy (non-hydrogen) atoms. The molecule has 0 saturated carbocycles. The summed E-state index contributed by atoms with van der Waals surface area (Å²) in [5.41, 5.74) is 8.60. The van der Waals surface area contributed by atoms with Crippen LogP contribution in [0.5, 0.6) is 0 Å². The van der Waals surface area contributed by atoms with Gasteiger partial charge in [-0.05, 0) is 24.1 Å². The van der Waals surface area contributed by atoms with Crippen molar-refractivity contribution >= 4 is 27.3 Å². The van der Waals surface area contributed by atoms with E-state index in [2.05, 4.69) is 33.9 Å². The van der Waals surface area contributed by atoms with Crippen LogP contribution < -0.4 is 5.73 Å². The average Bonchev–Trinajstić information content (AvgIpc) is 2.74. The van der Waals surface area contributed by atoms with Gasteiger partial charge < -0.3 is 5.73 Å². The maximum absolute atomic E-state index is 6.20. The van der Waals surface area contributed by atoms with E-state index in [-0.39, 0.29) is 6.04 Å². The highest BCUT2D eigenvalue weighted by atomic mass is 79.9. The van der Waals surface area contributed by atoms with Crippen molar-refractivity contribution in [3.05, 3.63) is 50.4 Å². The van der Waals surface area contributed by atoms with E-state index in [1.807, 2.05) is 23.7 Å². The zero-order valence-corrected chi connectivity index (χ0v) is 11.4. The predicted molar refractivity (Wildman–Crippen MR) is 71.6 cm³/mol. The third-order valence-electron chi connectivity index (χ3n) is 2.59. The fraction of sp³-hybridized carbons (Fsp3) is 0.250. The van der Waals surface area contributed by atoms with E-state index < -0.39 is 0 Å². The van der Waals surface area contributed by atoms with Gasteiger partial charge in [0.25, 0.3) is 0 Å². The van der Waals surface area contributed by atoms with Gasteiger partial charge in [0.2, 0.25) is 0 Å². The summed E-state index contributed by atoms with van der Waals surface area (Å²) in [4.78, 5) is 4.26. The Labute approximate surface area is 108 Å². The lowest BCUT2D eigenvalue weighted by Gasteiger charge is -2.14. The van der Waals surface area contributed by atoms with Gasteiger partial charge in [0.1, 0.15) is 0 Å². The third kappa shape index (κ3) is 2.51. The molecular weight excluding hydrogens is 284 g/mol. The summed E-state index contributed by atoms with van der Waals surface area (Å²) in [5, 5.41) is 3.07. The zero-order chi connectivity index (χ0) is 11.5. The number of benzene rings is 1. The van der Waals surface area contributed by atoms with Crippen LogP contribution in [0, 0.1) is 6.92 Å². The van der Waals surface area contributed by atoms with Gasteiger partial charge in [-0.25, -0.2) is 4.98 Å². The van der Waals surface area contributed by atoms with Crippen LogP contribution in [0.25, 0.3) is 0 Å². The first-order valence-corrected chi connectivity index (χ1v) is 6.74. The van der Waals surface area contributed by atoms with Crippen molar-refractivity contribution < 1.29 is 0 Å². The SMILES string of the molecule is Cc1c(Br)cccc1C(N)Cc1nccs1. The molecule has 84 valence electrons. The summed E-state index contributed by atoms with van der Waals surface area (Å²) >= 11 is 5.18. The van der Waals surface area contributed by atoms with E-state index in [4.69, 9.17) is 5.73 Å². The molecule has 0 aliphatic carbocycles. The highest BCUT2D eigenvalue weighted by Crippen LogP contribution is 2.25. The minimum atomic E-state index is 0.0173. The molecule has 4 heteroatoms. The fourth-order valence-corrected chi connectivity index (χ4v) is 2.74. The van der Waals surface area contributed by atoms with Gasteiger partial charge in [0.15, 0.2) is 0 Å². The van der Waals surface area contributed by atoms with Gasteiger partial charge in [0.05, 0.1) is 5.01 Å². The van der Waals surface area contributed by atoms with Crippen LogP contribution in [-0.2, 0) is 6.42 Å². The molecule has 1 aromatic carbocycles. The maximum atomic E-state index is 6.20. The number of rotatable bonds is 3. The molecule has 0 spiro atoms. The molecule has 0 fully saturated rings. The lowest BCUT2D eigenvalue weighted by molar-refractivity contribution is 0.712. The molecule has 2 nitrogen and oxygen atoms in total. The number of nitrogens with zero attached hydrogens (tertiary/aromatic N) is 1. The van der Waals surface area contributed by atoms with Crippen molar-refractivity contribution in [3.63, 3.8) is 0 Å².